The second kappa shape index (κ2) is 6.55. The Kier molecular flexibility index (Phi) is 4.77. The van der Waals surface area contributed by atoms with Crippen molar-refractivity contribution in [1.29, 1.82) is 0 Å². The number of anilines is 1. The lowest BCUT2D eigenvalue weighted by molar-refractivity contribution is 0.415. The van der Waals surface area contributed by atoms with Gasteiger partial charge in [-0.05, 0) is 25.0 Å². The van der Waals surface area contributed by atoms with E-state index in [1.807, 2.05) is 6.07 Å². The average Bonchev–Trinajstić information content (AvgIpc) is 2.44. The molecule has 20 heavy (non-hydrogen) atoms. The number of pyridine rings is 1. The maximum atomic E-state index is 13.7. The molecule has 0 bridgehead atoms. The van der Waals surface area contributed by atoms with Crippen LogP contribution < -0.4 is 10.1 Å². The van der Waals surface area contributed by atoms with E-state index in [1.165, 1.54) is 12.1 Å². The number of aryl methyl sites for hydroxylation is 1. The number of aromatic nitrogens is 1. The van der Waals surface area contributed by atoms with E-state index in [4.69, 9.17) is 4.74 Å². The van der Waals surface area contributed by atoms with Crippen LogP contribution in [0.4, 0.5) is 10.1 Å². The van der Waals surface area contributed by atoms with Gasteiger partial charge in [-0.2, -0.15) is 0 Å². The van der Waals surface area contributed by atoms with Gasteiger partial charge in [0.2, 0.25) is 0 Å². The third-order valence-corrected chi connectivity index (χ3v) is 3.19. The van der Waals surface area contributed by atoms with Crippen molar-refractivity contribution < 1.29 is 9.13 Å². The summed E-state index contributed by atoms with van der Waals surface area (Å²) in [6.07, 6.45) is 2.94. The Bertz CT molecular complexity index is 599. The minimum atomic E-state index is -0.307. The standard InChI is InChI=1S/C16H21FN2O/c1-4-6-12-10-14(18-7-5-2)13-8-11(17)9-15(20-3)16(13)19-12/h8-10H,4-7H2,1-3H3,(H,18,19). The van der Waals surface area contributed by atoms with E-state index < -0.39 is 0 Å². The van der Waals surface area contributed by atoms with Crippen molar-refractivity contribution in [3.05, 3.63) is 29.7 Å². The van der Waals surface area contributed by atoms with Gasteiger partial charge < -0.3 is 10.1 Å². The molecule has 1 aromatic carbocycles. The van der Waals surface area contributed by atoms with Crippen molar-refractivity contribution in [1.82, 2.24) is 4.98 Å². The lowest BCUT2D eigenvalue weighted by atomic mass is 10.1. The third-order valence-electron chi connectivity index (χ3n) is 3.19. The number of halogens is 1. The topological polar surface area (TPSA) is 34.2 Å². The van der Waals surface area contributed by atoms with E-state index in [9.17, 15) is 4.39 Å². The van der Waals surface area contributed by atoms with Gasteiger partial charge in [0.25, 0.3) is 0 Å². The summed E-state index contributed by atoms with van der Waals surface area (Å²) in [5.74, 6) is 0.177. The monoisotopic (exact) mass is 276 g/mol. The highest BCUT2D eigenvalue weighted by Gasteiger charge is 2.12. The highest BCUT2D eigenvalue weighted by Crippen LogP contribution is 2.31. The Labute approximate surface area is 119 Å². The molecular formula is C16H21FN2O. The fourth-order valence-corrected chi connectivity index (χ4v) is 2.26. The van der Waals surface area contributed by atoms with Gasteiger partial charge in [-0.15, -0.1) is 0 Å². The van der Waals surface area contributed by atoms with Crippen molar-refractivity contribution in [3.63, 3.8) is 0 Å². The Balaban J connectivity index is 2.63. The van der Waals surface area contributed by atoms with Crippen LogP contribution in [0, 0.1) is 5.82 Å². The average molecular weight is 276 g/mol. The summed E-state index contributed by atoms with van der Waals surface area (Å²) in [4.78, 5) is 4.61. The number of nitrogens with one attached hydrogen (secondary N) is 1. The van der Waals surface area contributed by atoms with E-state index in [-0.39, 0.29) is 5.82 Å². The number of methoxy groups -OCH3 is 1. The summed E-state index contributed by atoms with van der Waals surface area (Å²) >= 11 is 0. The van der Waals surface area contributed by atoms with Gasteiger partial charge in [0.05, 0.1) is 7.11 Å². The third kappa shape index (κ3) is 3.00. The summed E-state index contributed by atoms with van der Waals surface area (Å²) in [7, 11) is 1.54. The van der Waals surface area contributed by atoms with Gasteiger partial charge in [-0.25, -0.2) is 9.37 Å². The van der Waals surface area contributed by atoms with E-state index in [0.29, 0.717) is 5.75 Å². The molecule has 0 fully saturated rings. The second-order valence-corrected chi connectivity index (χ2v) is 4.84. The number of hydrogen-bond donors (Lipinski definition) is 1. The molecule has 0 unspecified atom stereocenters. The van der Waals surface area contributed by atoms with Gasteiger partial charge in [-0.1, -0.05) is 20.3 Å². The van der Waals surface area contributed by atoms with Gasteiger partial charge >= 0.3 is 0 Å². The Hall–Kier alpha value is -1.84. The van der Waals surface area contributed by atoms with Crippen LogP contribution in [0.1, 0.15) is 32.4 Å². The van der Waals surface area contributed by atoms with Crippen molar-refractivity contribution in [2.45, 2.75) is 33.1 Å². The molecule has 0 aliphatic carbocycles. The zero-order valence-electron chi connectivity index (χ0n) is 12.3. The number of ether oxygens (including phenoxy) is 1. The predicted molar refractivity (Wildman–Crippen MR) is 81.0 cm³/mol. The van der Waals surface area contributed by atoms with Crippen LogP contribution in [0.5, 0.6) is 5.75 Å². The smallest absolute Gasteiger partial charge is 0.148 e. The summed E-state index contributed by atoms with van der Waals surface area (Å²) < 4.78 is 19.0. The Morgan fingerprint density at radius 3 is 2.65 bits per heavy atom. The van der Waals surface area contributed by atoms with Gasteiger partial charge in [-0.3, -0.25) is 0 Å². The van der Waals surface area contributed by atoms with Crippen molar-refractivity contribution in [2.24, 2.45) is 0 Å². The fraction of sp³-hybridized carbons (Fsp3) is 0.438. The fourth-order valence-electron chi connectivity index (χ4n) is 2.26. The van der Waals surface area contributed by atoms with Crippen LogP contribution in [0.15, 0.2) is 18.2 Å². The largest absolute Gasteiger partial charge is 0.494 e. The first-order chi connectivity index (χ1) is 9.69. The molecule has 0 radical (unpaired) electrons. The van der Waals surface area contributed by atoms with Crippen molar-refractivity contribution in [2.75, 3.05) is 19.0 Å². The molecule has 4 heteroatoms. The maximum absolute atomic E-state index is 13.7. The SMILES string of the molecule is CCCNc1cc(CCC)nc2c(OC)cc(F)cc12. The first-order valence-corrected chi connectivity index (χ1v) is 7.10. The first kappa shape index (κ1) is 14.6. The minimum Gasteiger partial charge on any atom is -0.494 e. The molecule has 0 aliphatic heterocycles. The molecule has 0 aliphatic rings. The molecule has 1 N–H and O–H groups in total. The molecular weight excluding hydrogens is 255 g/mol. The molecule has 1 aromatic heterocycles. The Morgan fingerprint density at radius 1 is 1.20 bits per heavy atom. The van der Waals surface area contributed by atoms with Gasteiger partial charge in [0.15, 0.2) is 0 Å². The number of benzene rings is 1. The molecule has 2 rings (SSSR count). The first-order valence-electron chi connectivity index (χ1n) is 7.10. The molecule has 0 atom stereocenters. The minimum absolute atomic E-state index is 0.307. The van der Waals surface area contributed by atoms with Crippen molar-refractivity contribution >= 4 is 16.6 Å². The molecule has 0 amide bonds. The van der Waals surface area contributed by atoms with Crippen LogP contribution in [0.2, 0.25) is 0 Å². The van der Waals surface area contributed by atoms with E-state index in [2.05, 4.69) is 24.1 Å². The molecule has 0 saturated heterocycles. The van der Waals surface area contributed by atoms with Crippen LogP contribution in [-0.2, 0) is 6.42 Å². The number of hydrogen-bond acceptors (Lipinski definition) is 3. The summed E-state index contributed by atoms with van der Waals surface area (Å²) in [6.45, 7) is 5.07. The highest BCUT2D eigenvalue weighted by molar-refractivity contribution is 5.95. The molecule has 1 heterocycles. The lowest BCUT2D eigenvalue weighted by Crippen LogP contribution is -2.04. The molecule has 0 saturated carbocycles. The van der Waals surface area contributed by atoms with Crippen LogP contribution in [-0.4, -0.2) is 18.6 Å². The summed E-state index contributed by atoms with van der Waals surface area (Å²) in [5.41, 5.74) is 2.65. The summed E-state index contributed by atoms with van der Waals surface area (Å²) in [5, 5.41) is 4.13. The number of fused-ring (bicyclic) bond motifs is 1. The number of rotatable bonds is 6. The van der Waals surface area contributed by atoms with Crippen molar-refractivity contribution in [3.8, 4) is 5.75 Å². The predicted octanol–water partition coefficient (Wildman–Crippen LogP) is 4.16. The molecule has 0 spiro atoms. The lowest BCUT2D eigenvalue weighted by Gasteiger charge is -2.13. The normalized spacial score (nSPS) is 10.8. The van der Waals surface area contributed by atoms with E-state index >= 15 is 0 Å². The quantitative estimate of drug-likeness (QED) is 0.860. The molecule has 108 valence electrons. The maximum Gasteiger partial charge on any atom is 0.148 e. The summed E-state index contributed by atoms with van der Waals surface area (Å²) in [6, 6.07) is 4.91. The van der Waals surface area contributed by atoms with Gasteiger partial charge in [0.1, 0.15) is 17.1 Å². The molecule has 3 nitrogen and oxygen atoms in total. The van der Waals surface area contributed by atoms with Gasteiger partial charge in [0, 0.05) is 29.4 Å². The van der Waals surface area contributed by atoms with Crippen LogP contribution >= 0.6 is 0 Å². The molecule has 2 aromatic rings. The van der Waals surface area contributed by atoms with Crippen LogP contribution in [0.25, 0.3) is 10.9 Å². The van der Waals surface area contributed by atoms with E-state index in [1.54, 1.807) is 7.11 Å². The zero-order chi connectivity index (χ0) is 14.5. The number of nitrogens with zero attached hydrogens (tertiary/aromatic N) is 1. The highest BCUT2D eigenvalue weighted by atomic mass is 19.1. The zero-order valence-corrected chi connectivity index (χ0v) is 12.3. The Morgan fingerprint density at radius 2 is 2.00 bits per heavy atom. The second-order valence-electron chi connectivity index (χ2n) is 4.84. The van der Waals surface area contributed by atoms with E-state index in [0.717, 1.165) is 48.1 Å². The van der Waals surface area contributed by atoms with Crippen LogP contribution in [0.3, 0.4) is 0 Å².